The Morgan fingerprint density at radius 1 is 1.07 bits per heavy atom. The number of carbonyl (C=O) groups excluding carboxylic acids is 1. The zero-order valence-corrected chi connectivity index (χ0v) is 18.8. The zero-order chi connectivity index (χ0) is 21.3. The maximum Gasteiger partial charge on any atom is 0.225 e. The van der Waals surface area contributed by atoms with E-state index in [1.54, 1.807) is 0 Å². The summed E-state index contributed by atoms with van der Waals surface area (Å²) >= 11 is 5.97. The van der Waals surface area contributed by atoms with Crippen LogP contribution in [0.4, 0.5) is 5.69 Å². The molecule has 5 heteroatoms. The molecule has 0 bridgehead atoms. The van der Waals surface area contributed by atoms with Gasteiger partial charge in [-0.15, -0.1) is 0 Å². The molecule has 2 aromatic carbocycles. The number of nitrogens with zero attached hydrogens (tertiary/aromatic N) is 1. The number of carbonyl (C=O) groups is 1. The zero-order valence-electron chi connectivity index (χ0n) is 18.1. The van der Waals surface area contributed by atoms with Gasteiger partial charge in [0, 0.05) is 30.1 Å². The van der Waals surface area contributed by atoms with E-state index in [1.807, 2.05) is 48.5 Å². The van der Waals surface area contributed by atoms with Crippen molar-refractivity contribution in [1.82, 2.24) is 4.90 Å². The van der Waals surface area contributed by atoms with E-state index in [0.29, 0.717) is 17.0 Å². The molecule has 0 aromatic heterocycles. The molecule has 1 heterocycles. The third-order valence-corrected chi connectivity index (χ3v) is 5.97. The summed E-state index contributed by atoms with van der Waals surface area (Å²) in [7, 11) is 0. The van der Waals surface area contributed by atoms with Crippen LogP contribution in [0, 0.1) is 5.92 Å². The van der Waals surface area contributed by atoms with Crippen LogP contribution in [0.5, 0.6) is 11.5 Å². The second-order valence-electron chi connectivity index (χ2n) is 8.07. The molecule has 1 aliphatic rings. The van der Waals surface area contributed by atoms with Gasteiger partial charge in [-0.3, -0.25) is 4.79 Å². The number of amides is 1. The maximum absolute atomic E-state index is 12.9. The Balaban J connectivity index is 1.57. The van der Waals surface area contributed by atoms with Gasteiger partial charge in [0.1, 0.15) is 5.75 Å². The van der Waals surface area contributed by atoms with Crippen LogP contribution in [0.3, 0.4) is 0 Å². The van der Waals surface area contributed by atoms with Gasteiger partial charge in [0.25, 0.3) is 0 Å². The Morgan fingerprint density at radius 3 is 2.33 bits per heavy atom. The average Bonchev–Trinajstić information content (AvgIpc) is 2.76. The molecular weight excluding hydrogens is 396 g/mol. The van der Waals surface area contributed by atoms with Crippen LogP contribution < -0.4 is 10.1 Å². The molecule has 1 saturated heterocycles. The number of likely N-dealkylation sites (tertiary alicyclic amines) is 1. The second kappa shape index (κ2) is 11.3. The lowest BCUT2D eigenvalue weighted by Crippen LogP contribution is -2.44. The highest BCUT2D eigenvalue weighted by Crippen LogP contribution is 2.31. The van der Waals surface area contributed by atoms with Gasteiger partial charge < -0.3 is 15.0 Å². The Morgan fingerprint density at radius 2 is 1.70 bits per heavy atom. The summed E-state index contributed by atoms with van der Waals surface area (Å²) in [5.41, 5.74) is 0.979. The molecule has 2 aromatic rings. The van der Waals surface area contributed by atoms with Gasteiger partial charge in [0.15, 0.2) is 5.75 Å². The van der Waals surface area contributed by atoms with Crippen LogP contribution in [0.25, 0.3) is 0 Å². The van der Waals surface area contributed by atoms with Gasteiger partial charge in [-0.25, -0.2) is 0 Å². The summed E-state index contributed by atoms with van der Waals surface area (Å²) in [6.07, 6.45) is 6.04. The summed E-state index contributed by atoms with van der Waals surface area (Å²) in [5.74, 6) is 2.10. The topological polar surface area (TPSA) is 41.6 Å². The van der Waals surface area contributed by atoms with E-state index < -0.39 is 0 Å². The monoisotopic (exact) mass is 428 g/mol. The van der Waals surface area contributed by atoms with E-state index in [4.69, 9.17) is 16.3 Å². The van der Waals surface area contributed by atoms with Crippen LogP contribution in [-0.2, 0) is 4.79 Å². The standard InChI is InChI=1S/C25H33ClN2O2/c1-3-7-19(8-4-2)25(29)28-17-15-21(16-18-28)27-23-9-5-6-10-24(23)30-22-13-11-20(26)12-14-22/h5-6,9-14,19,21,27H,3-4,7-8,15-18H2,1-2H3. The SMILES string of the molecule is CCCC(CCC)C(=O)N1CCC(Nc2ccccc2Oc2ccc(Cl)cc2)CC1. The fraction of sp³-hybridized carbons (Fsp3) is 0.480. The smallest absolute Gasteiger partial charge is 0.225 e. The van der Waals surface area contributed by atoms with Gasteiger partial charge >= 0.3 is 0 Å². The van der Waals surface area contributed by atoms with Crippen LogP contribution >= 0.6 is 11.6 Å². The van der Waals surface area contributed by atoms with Crippen molar-refractivity contribution in [2.45, 2.75) is 58.4 Å². The maximum atomic E-state index is 12.9. The van der Waals surface area contributed by atoms with Gasteiger partial charge in [0.2, 0.25) is 5.91 Å². The van der Waals surface area contributed by atoms with Gasteiger partial charge in [-0.1, -0.05) is 50.4 Å². The number of halogens is 1. The van der Waals surface area contributed by atoms with E-state index in [-0.39, 0.29) is 5.92 Å². The first-order chi connectivity index (χ1) is 14.6. The molecule has 1 N–H and O–H groups in total. The molecule has 162 valence electrons. The molecule has 4 nitrogen and oxygen atoms in total. The number of ether oxygens (including phenoxy) is 1. The Kier molecular flexibility index (Phi) is 8.44. The van der Waals surface area contributed by atoms with Crippen molar-refractivity contribution in [1.29, 1.82) is 0 Å². The highest BCUT2D eigenvalue weighted by atomic mass is 35.5. The minimum atomic E-state index is 0.193. The van der Waals surface area contributed by atoms with Crippen LogP contribution in [0.15, 0.2) is 48.5 Å². The average molecular weight is 429 g/mol. The molecule has 0 unspecified atom stereocenters. The van der Waals surface area contributed by atoms with Gasteiger partial charge in [-0.05, 0) is 62.1 Å². The molecule has 0 aliphatic carbocycles. The van der Waals surface area contributed by atoms with Crippen molar-refractivity contribution >= 4 is 23.2 Å². The Labute approximate surface area is 185 Å². The fourth-order valence-corrected chi connectivity index (χ4v) is 4.24. The number of benzene rings is 2. The first-order valence-electron chi connectivity index (χ1n) is 11.2. The molecule has 0 spiro atoms. The number of piperidine rings is 1. The third-order valence-electron chi connectivity index (χ3n) is 5.72. The van der Waals surface area contributed by atoms with Crippen LogP contribution in [0.1, 0.15) is 52.4 Å². The number of hydrogen-bond acceptors (Lipinski definition) is 3. The quantitative estimate of drug-likeness (QED) is 0.480. The molecule has 1 fully saturated rings. The lowest BCUT2D eigenvalue weighted by Gasteiger charge is -2.35. The predicted octanol–water partition coefficient (Wildman–Crippen LogP) is 6.75. The molecule has 0 radical (unpaired) electrons. The summed E-state index contributed by atoms with van der Waals surface area (Å²) in [6, 6.07) is 15.7. The molecule has 3 rings (SSSR count). The van der Waals surface area contributed by atoms with Crippen molar-refractivity contribution in [3.63, 3.8) is 0 Å². The molecule has 1 amide bonds. The summed E-state index contributed by atoms with van der Waals surface area (Å²) in [4.78, 5) is 15.0. The number of hydrogen-bond donors (Lipinski definition) is 1. The normalized spacial score (nSPS) is 14.7. The van der Waals surface area contributed by atoms with Gasteiger partial charge in [-0.2, -0.15) is 0 Å². The minimum Gasteiger partial charge on any atom is -0.455 e. The summed E-state index contributed by atoms with van der Waals surface area (Å²) in [5, 5.41) is 4.32. The number of para-hydroxylation sites is 2. The number of rotatable bonds is 9. The van der Waals surface area contributed by atoms with Gasteiger partial charge in [0.05, 0.1) is 5.69 Å². The number of anilines is 1. The molecule has 0 atom stereocenters. The first-order valence-corrected chi connectivity index (χ1v) is 11.6. The Hall–Kier alpha value is -2.20. The second-order valence-corrected chi connectivity index (χ2v) is 8.51. The minimum absolute atomic E-state index is 0.193. The first kappa shape index (κ1) is 22.5. The van der Waals surface area contributed by atoms with Crippen molar-refractivity contribution < 1.29 is 9.53 Å². The molecule has 1 aliphatic heterocycles. The summed E-state index contributed by atoms with van der Waals surface area (Å²) < 4.78 is 6.06. The van der Waals surface area contributed by atoms with Crippen molar-refractivity contribution in [3.8, 4) is 11.5 Å². The molecular formula is C25H33ClN2O2. The lowest BCUT2D eigenvalue weighted by molar-refractivity contribution is -0.137. The molecule has 0 saturated carbocycles. The van der Waals surface area contributed by atoms with Crippen molar-refractivity contribution in [2.75, 3.05) is 18.4 Å². The highest BCUT2D eigenvalue weighted by molar-refractivity contribution is 6.30. The van der Waals surface area contributed by atoms with Crippen molar-refractivity contribution in [3.05, 3.63) is 53.6 Å². The predicted molar refractivity (Wildman–Crippen MR) is 124 cm³/mol. The van der Waals surface area contributed by atoms with E-state index in [2.05, 4.69) is 24.1 Å². The summed E-state index contributed by atoms with van der Waals surface area (Å²) in [6.45, 7) is 5.96. The number of nitrogens with one attached hydrogen (secondary N) is 1. The van der Waals surface area contributed by atoms with Crippen LogP contribution in [0.2, 0.25) is 5.02 Å². The lowest BCUT2D eigenvalue weighted by atomic mass is 9.95. The van der Waals surface area contributed by atoms with E-state index in [1.165, 1.54) is 0 Å². The highest BCUT2D eigenvalue weighted by Gasteiger charge is 2.27. The van der Waals surface area contributed by atoms with E-state index in [9.17, 15) is 4.79 Å². The largest absolute Gasteiger partial charge is 0.455 e. The Bertz CT molecular complexity index is 795. The van der Waals surface area contributed by atoms with Crippen molar-refractivity contribution in [2.24, 2.45) is 5.92 Å². The fourth-order valence-electron chi connectivity index (χ4n) is 4.12. The third kappa shape index (κ3) is 6.15. The molecule has 30 heavy (non-hydrogen) atoms. The van der Waals surface area contributed by atoms with Crippen LogP contribution in [-0.4, -0.2) is 29.9 Å². The van der Waals surface area contributed by atoms with E-state index in [0.717, 1.165) is 68.8 Å². The van der Waals surface area contributed by atoms with E-state index >= 15 is 0 Å².